The summed E-state index contributed by atoms with van der Waals surface area (Å²) in [5.74, 6) is -0.316. The smallest absolute Gasteiger partial charge is 0.134 e. The number of nitrogens with one attached hydrogen (secondary N) is 2. The van der Waals surface area contributed by atoms with Gasteiger partial charge in [-0.15, -0.1) is 0 Å². The van der Waals surface area contributed by atoms with E-state index in [-0.39, 0.29) is 11.9 Å². The van der Waals surface area contributed by atoms with Crippen molar-refractivity contribution < 1.29 is 4.39 Å². The third-order valence-electron chi connectivity index (χ3n) is 2.25. The molecule has 0 amide bonds. The summed E-state index contributed by atoms with van der Waals surface area (Å²) in [6, 6.07) is 5.24. The average molecular weight is 222 g/mol. The summed E-state index contributed by atoms with van der Waals surface area (Å²) >= 11 is 0. The van der Waals surface area contributed by atoms with Crippen LogP contribution in [-0.4, -0.2) is 11.8 Å². The van der Waals surface area contributed by atoms with Crippen LogP contribution in [0.15, 0.2) is 18.2 Å². The van der Waals surface area contributed by atoms with Gasteiger partial charge in [0, 0.05) is 23.0 Å². The van der Waals surface area contributed by atoms with Crippen molar-refractivity contribution in [2.45, 2.75) is 39.7 Å². The third kappa shape index (κ3) is 3.33. The molecule has 88 valence electrons. The van der Waals surface area contributed by atoms with Crippen LogP contribution in [0.1, 0.15) is 39.2 Å². The fourth-order valence-electron chi connectivity index (χ4n) is 1.57. The van der Waals surface area contributed by atoms with Gasteiger partial charge in [0.05, 0.1) is 0 Å². The van der Waals surface area contributed by atoms with E-state index in [1.165, 1.54) is 6.07 Å². The van der Waals surface area contributed by atoms with Gasteiger partial charge in [-0.2, -0.15) is 0 Å². The Balaban J connectivity index is 2.87. The van der Waals surface area contributed by atoms with Gasteiger partial charge >= 0.3 is 0 Å². The van der Waals surface area contributed by atoms with Crippen LogP contribution >= 0.6 is 0 Å². The zero-order chi connectivity index (χ0) is 12.1. The van der Waals surface area contributed by atoms with Crippen LogP contribution in [0, 0.1) is 11.2 Å². The standard InChI is InChI=1S/C13H19FN2/c1-4-5-13(15)11-7-6-10(8-12(11)14)16-9(2)3/h6-9,15-16H,4-5H2,1-3H3. The van der Waals surface area contributed by atoms with E-state index in [4.69, 9.17) is 5.41 Å². The summed E-state index contributed by atoms with van der Waals surface area (Å²) < 4.78 is 13.7. The largest absolute Gasteiger partial charge is 0.383 e. The molecule has 2 nitrogen and oxygen atoms in total. The molecule has 1 aromatic rings. The second-order valence-corrected chi connectivity index (χ2v) is 4.22. The number of anilines is 1. The molecule has 0 unspecified atom stereocenters. The zero-order valence-corrected chi connectivity index (χ0v) is 10.1. The summed E-state index contributed by atoms with van der Waals surface area (Å²) in [4.78, 5) is 0. The van der Waals surface area contributed by atoms with Gasteiger partial charge in [0.2, 0.25) is 0 Å². The Morgan fingerprint density at radius 2 is 2.12 bits per heavy atom. The fourth-order valence-corrected chi connectivity index (χ4v) is 1.57. The first kappa shape index (κ1) is 12.7. The van der Waals surface area contributed by atoms with E-state index in [1.54, 1.807) is 6.07 Å². The minimum Gasteiger partial charge on any atom is -0.383 e. The first-order valence-electron chi connectivity index (χ1n) is 5.68. The van der Waals surface area contributed by atoms with Crippen molar-refractivity contribution in [2.24, 2.45) is 0 Å². The highest BCUT2D eigenvalue weighted by Crippen LogP contribution is 2.17. The Hall–Kier alpha value is -1.38. The van der Waals surface area contributed by atoms with Crippen molar-refractivity contribution in [3.05, 3.63) is 29.6 Å². The quantitative estimate of drug-likeness (QED) is 0.730. The highest BCUT2D eigenvalue weighted by atomic mass is 19.1. The van der Waals surface area contributed by atoms with E-state index >= 15 is 0 Å². The van der Waals surface area contributed by atoms with Crippen molar-refractivity contribution in [3.8, 4) is 0 Å². The molecule has 0 fully saturated rings. The normalized spacial score (nSPS) is 10.6. The molecule has 0 aliphatic rings. The molecule has 0 bridgehead atoms. The first-order chi connectivity index (χ1) is 7.54. The highest BCUT2D eigenvalue weighted by molar-refractivity contribution is 5.98. The maximum Gasteiger partial charge on any atom is 0.134 e. The van der Waals surface area contributed by atoms with E-state index in [0.29, 0.717) is 17.7 Å². The molecule has 0 saturated carbocycles. The molecule has 0 aliphatic carbocycles. The molecule has 0 spiro atoms. The monoisotopic (exact) mass is 222 g/mol. The van der Waals surface area contributed by atoms with E-state index in [1.807, 2.05) is 26.8 Å². The van der Waals surface area contributed by atoms with Crippen molar-refractivity contribution in [1.82, 2.24) is 0 Å². The van der Waals surface area contributed by atoms with Gasteiger partial charge < -0.3 is 10.7 Å². The molecule has 0 aromatic heterocycles. The average Bonchev–Trinajstić information content (AvgIpc) is 2.16. The first-order valence-corrected chi connectivity index (χ1v) is 5.68. The van der Waals surface area contributed by atoms with Gasteiger partial charge in [0.25, 0.3) is 0 Å². The Morgan fingerprint density at radius 3 is 2.62 bits per heavy atom. The lowest BCUT2D eigenvalue weighted by Crippen LogP contribution is -2.10. The molecule has 3 heteroatoms. The zero-order valence-electron chi connectivity index (χ0n) is 10.1. The molecule has 16 heavy (non-hydrogen) atoms. The predicted molar refractivity (Wildman–Crippen MR) is 66.9 cm³/mol. The van der Waals surface area contributed by atoms with Crippen molar-refractivity contribution in [2.75, 3.05) is 5.32 Å². The maximum atomic E-state index is 13.7. The number of halogens is 1. The van der Waals surface area contributed by atoms with E-state index in [2.05, 4.69) is 5.32 Å². The number of rotatable bonds is 5. The highest BCUT2D eigenvalue weighted by Gasteiger charge is 2.08. The Morgan fingerprint density at radius 1 is 1.44 bits per heavy atom. The predicted octanol–water partition coefficient (Wildman–Crippen LogP) is 3.81. The maximum absolute atomic E-state index is 13.7. The Bertz CT molecular complexity index is 372. The lowest BCUT2D eigenvalue weighted by molar-refractivity contribution is 0.624. The Labute approximate surface area is 96.4 Å². The molecule has 1 rings (SSSR count). The SMILES string of the molecule is CCCC(=N)c1ccc(NC(C)C)cc1F. The minimum absolute atomic E-state index is 0.278. The molecule has 2 N–H and O–H groups in total. The van der Waals surface area contributed by atoms with Crippen LogP contribution in [0.2, 0.25) is 0 Å². The van der Waals surface area contributed by atoms with Gasteiger partial charge in [-0.25, -0.2) is 4.39 Å². The molecular weight excluding hydrogens is 203 g/mol. The summed E-state index contributed by atoms with van der Waals surface area (Å²) in [5, 5.41) is 10.9. The minimum atomic E-state index is -0.316. The molecule has 1 aromatic carbocycles. The molecule has 0 atom stereocenters. The number of benzene rings is 1. The van der Waals surface area contributed by atoms with Crippen molar-refractivity contribution >= 4 is 11.4 Å². The second-order valence-electron chi connectivity index (χ2n) is 4.22. The third-order valence-corrected chi connectivity index (χ3v) is 2.25. The summed E-state index contributed by atoms with van der Waals surface area (Å²) in [5.41, 5.74) is 1.55. The van der Waals surface area contributed by atoms with Crippen LogP contribution in [-0.2, 0) is 0 Å². The van der Waals surface area contributed by atoms with E-state index in [9.17, 15) is 4.39 Å². The van der Waals surface area contributed by atoms with Crippen LogP contribution in [0.25, 0.3) is 0 Å². The van der Waals surface area contributed by atoms with Gasteiger partial charge in [-0.1, -0.05) is 13.3 Å². The molecule has 0 radical (unpaired) electrons. The van der Waals surface area contributed by atoms with Crippen molar-refractivity contribution in [1.29, 1.82) is 5.41 Å². The molecule has 0 aliphatic heterocycles. The van der Waals surface area contributed by atoms with Gasteiger partial charge in [0.15, 0.2) is 0 Å². The van der Waals surface area contributed by atoms with E-state index < -0.39 is 0 Å². The summed E-state index contributed by atoms with van der Waals surface area (Å²) in [7, 11) is 0. The fraction of sp³-hybridized carbons (Fsp3) is 0.462. The topological polar surface area (TPSA) is 35.9 Å². The van der Waals surface area contributed by atoms with Crippen molar-refractivity contribution in [3.63, 3.8) is 0 Å². The lowest BCUT2D eigenvalue weighted by Gasteiger charge is -2.11. The second kappa shape index (κ2) is 5.64. The van der Waals surface area contributed by atoms with E-state index in [0.717, 1.165) is 12.1 Å². The summed E-state index contributed by atoms with van der Waals surface area (Å²) in [6.07, 6.45) is 1.48. The van der Waals surface area contributed by atoms with Gasteiger partial charge in [-0.3, -0.25) is 0 Å². The van der Waals surface area contributed by atoms with Crippen LogP contribution in [0.5, 0.6) is 0 Å². The molecule has 0 heterocycles. The molecule has 0 saturated heterocycles. The lowest BCUT2D eigenvalue weighted by atomic mass is 10.0. The Kier molecular flexibility index (Phi) is 4.47. The van der Waals surface area contributed by atoms with Crippen LogP contribution in [0.4, 0.5) is 10.1 Å². The van der Waals surface area contributed by atoms with Gasteiger partial charge in [0.1, 0.15) is 5.82 Å². The molecular formula is C13H19FN2. The number of hydrogen-bond acceptors (Lipinski definition) is 2. The van der Waals surface area contributed by atoms with Crippen LogP contribution in [0.3, 0.4) is 0 Å². The summed E-state index contributed by atoms with van der Waals surface area (Å²) in [6.45, 7) is 6.00. The number of hydrogen-bond donors (Lipinski definition) is 2. The van der Waals surface area contributed by atoms with Crippen LogP contribution < -0.4 is 5.32 Å². The van der Waals surface area contributed by atoms with Gasteiger partial charge in [-0.05, 0) is 38.5 Å².